The Morgan fingerprint density at radius 2 is 1.65 bits per heavy atom. The van der Waals surface area contributed by atoms with Gasteiger partial charge in [-0.1, -0.05) is 12.1 Å². The van der Waals surface area contributed by atoms with Crippen molar-refractivity contribution in [1.29, 1.82) is 0 Å². The number of nitrogens with zero attached hydrogens (tertiary/aromatic N) is 1. The third-order valence-corrected chi connectivity index (χ3v) is 2.70. The lowest BCUT2D eigenvalue weighted by atomic mass is 10.1. The van der Waals surface area contributed by atoms with Gasteiger partial charge in [-0.2, -0.15) is 0 Å². The number of aldehydes is 1. The molecule has 1 amide bonds. The molecule has 0 radical (unpaired) electrons. The van der Waals surface area contributed by atoms with Gasteiger partial charge in [0.05, 0.1) is 0 Å². The maximum Gasteiger partial charge on any atom is 0.381 e. The Morgan fingerprint density at radius 1 is 1.10 bits per heavy atom. The summed E-state index contributed by atoms with van der Waals surface area (Å²) in [5.41, 5.74) is 2.36. The summed E-state index contributed by atoms with van der Waals surface area (Å²) < 4.78 is 0. The van der Waals surface area contributed by atoms with Crippen molar-refractivity contribution in [1.82, 2.24) is 4.98 Å². The van der Waals surface area contributed by atoms with E-state index in [-0.39, 0.29) is 24.4 Å². The zero-order valence-corrected chi connectivity index (χ0v) is 11.3. The van der Waals surface area contributed by atoms with Crippen LogP contribution in [0.5, 0.6) is 0 Å². The number of amides is 1. The van der Waals surface area contributed by atoms with Crippen LogP contribution in [0.2, 0.25) is 0 Å². The van der Waals surface area contributed by atoms with Crippen LogP contribution in [0.15, 0.2) is 48.8 Å². The largest absolute Gasteiger partial charge is 0.621 e. The molecule has 0 spiro atoms. The maximum atomic E-state index is 11.5. The van der Waals surface area contributed by atoms with Crippen LogP contribution in [-0.4, -0.2) is 17.2 Å². The number of hydrogen-bond acceptors (Lipinski definition) is 4. The molecule has 1 unspecified atom stereocenters. The minimum Gasteiger partial charge on any atom is -0.621 e. The number of halogens is 1. The Labute approximate surface area is 122 Å². The van der Waals surface area contributed by atoms with Crippen LogP contribution >= 0.6 is 12.4 Å². The molecule has 0 fully saturated rings. The molecular formula is C14H13ClN2O3. The van der Waals surface area contributed by atoms with Crippen molar-refractivity contribution < 1.29 is 14.7 Å². The van der Waals surface area contributed by atoms with Crippen molar-refractivity contribution in [2.45, 2.75) is 6.42 Å². The summed E-state index contributed by atoms with van der Waals surface area (Å²) in [5, 5.41) is 10.7. The van der Waals surface area contributed by atoms with Gasteiger partial charge in [0, 0.05) is 24.5 Å². The van der Waals surface area contributed by atoms with Gasteiger partial charge in [-0.25, -0.2) is 4.79 Å². The average molecular weight is 293 g/mol. The summed E-state index contributed by atoms with van der Waals surface area (Å²) in [5.74, 6) is -1.03. The van der Waals surface area contributed by atoms with Gasteiger partial charge in [-0.15, -0.1) is 12.4 Å². The predicted octanol–water partition coefficient (Wildman–Crippen LogP) is 0.834. The minimum absolute atomic E-state index is 0. The Kier molecular flexibility index (Phi) is 5.99. The van der Waals surface area contributed by atoms with Crippen molar-refractivity contribution in [3.8, 4) is 0 Å². The smallest absolute Gasteiger partial charge is 0.381 e. The van der Waals surface area contributed by atoms with Crippen LogP contribution < -0.4 is 5.06 Å². The van der Waals surface area contributed by atoms with Crippen molar-refractivity contribution in [3.63, 3.8) is 0 Å². The molecule has 0 bridgehead atoms. The number of hydrogen-bond donors (Lipinski definition) is 1. The molecule has 1 atom stereocenters. The number of pyridine rings is 1. The van der Waals surface area contributed by atoms with Crippen LogP contribution in [-0.2, 0) is 16.0 Å². The van der Waals surface area contributed by atoms with Gasteiger partial charge in [0.25, 0.3) is 0 Å². The number of carbonyl (C=O) groups excluding carboxylic acids is 2. The maximum absolute atomic E-state index is 11.5. The van der Waals surface area contributed by atoms with E-state index >= 15 is 0 Å². The lowest BCUT2D eigenvalue weighted by Gasteiger charge is -2.16. The normalized spacial score (nSPS) is 11.2. The van der Waals surface area contributed by atoms with Crippen LogP contribution in [0.4, 0.5) is 5.69 Å². The molecule has 5 nitrogen and oxygen atoms in total. The molecule has 1 aromatic carbocycles. The number of aromatic nitrogens is 1. The standard InChI is InChI=1S/C14H12N2O3.ClH/c17-10-14(18)16(19)13-3-1-11(2-4-13)9-12-5-7-15-8-6-12;/h1-8,10,16H,9H2;1H. The average Bonchev–Trinajstić information content (AvgIpc) is 2.47. The Bertz CT molecular complexity index is 573. The monoisotopic (exact) mass is 292 g/mol. The first-order valence-electron chi connectivity index (χ1n) is 5.72. The van der Waals surface area contributed by atoms with Crippen LogP contribution in [0.25, 0.3) is 0 Å². The summed E-state index contributed by atoms with van der Waals surface area (Å²) in [6.07, 6.45) is 4.19. The molecule has 0 saturated heterocycles. The molecule has 2 aromatic rings. The van der Waals surface area contributed by atoms with Gasteiger partial charge >= 0.3 is 5.91 Å². The van der Waals surface area contributed by atoms with Crippen LogP contribution in [0.3, 0.4) is 0 Å². The van der Waals surface area contributed by atoms with Crippen LogP contribution in [0, 0.1) is 5.21 Å². The summed E-state index contributed by atoms with van der Waals surface area (Å²) in [6.45, 7) is 0. The van der Waals surface area contributed by atoms with E-state index in [0.717, 1.165) is 17.5 Å². The quantitative estimate of drug-likeness (QED) is 0.515. The van der Waals surface area contributed by atoms with E-state index in [1.54, 1.807) is 36.7 Å². The molecule has 0 aliphatic carbocycles. The van der Waals surface area contributed by atoms with E-state index in [2.05, 4.69) is 4.98 Å². The second-order valence-corrected chi connectivity index (χ2v) is 4.04. The molecule has 1 aromatic heterocycles. The molecule has 6 heteroatoms. The number of quaternary nitrogens is 1. The fraction of sp³-hybridized carbons (Fsp3) is 0.0714. The van der Waals surface area contributed by atoms with E-state index in [1.807, 2.05) is 12.1 Å². The SMILES string of the molecule is Cl.O=CC(=O)[NH+]([O-])c1ccc(Cc2ccncc2)cc1. The third kappa shape index (κ3) is 3.96. The van der Waals surface area contributed by atoms with Crippen molar-refractivity contribution in [2.24, 2.45) is 0 Å². The highest BCUT2D eigenvalue weighted by molar-refractivity contribution is 6.19. The number of nitrogens with one attached hydrogen (secondary N) is 1. The summed E-state index contributed by atoms with van der Waals surface area (Å²) in [4.78, 5) is 25.2. The molecular weight excluding hydrogens is 280 g/mol. The highest BCUT2D eigenvalue weighted by atomic mass is 35.5. The van der Waals surface area contributed by atoms with Crippen molar-refractivity contribution in [3.05, 3.63) is 65.1 Å². The first-order valence-corrected chi connectivity index (χ1v) is 5.72. The van der Waals surface area contributed by atoms with Crippen LogP contribution in [0.1, 0.15) is 11.1 Å². The number of benzene rings is 1. The van der Waals surface area contributed by atoms with Gasteiger partial charge in [-0.05, 0) is 29.7 Å². The Hall–Kier alpha value is -2.08. The lowest BCUT2D eigenvalue weighted by Crippen LogP contribution is -3.05. The highest BCUT2D eigenvalue weighted by Gasteiger charge is 2.11. The number of hydroxylamine groups is 1. The molecule has 0 aliphatic heterocycles. The number of carbonyl (C=O) groups is 2. The van der Waals surface area contributed by atoms with E-state index in [9.17, 15) is 14.8 Å². The van der Waals surface area contributed by atoms with Gasteiger partial charge < -0.3 is 5.21 Å². The van der Waals surface area contributed by atoms with Crippen molar-refractivity contribution >= 4 is 30.3 Å². The molecule has 0 saturated carbocycles. The van der Waals surface area contributed by atoms with Gasteiger partial charge in [0.2, 0.25) is 6.29 Å². The van der Waals surface area contributed by atoms with E-state index < -0.39 is 11.0 Å². The zero-order chi connectivity index (χ0) is 13.7. The topological polar surface area (TPSA) is 74.5 Å². The van der Waals surface area contributed by atoms with Gasteiger partial charge in [0.15, 0.2) is 0 Å². The van der Waals surface area contributed by atoms with E-state index in [1.165, 1.54) is 0 Å². The lowest BCUT2D eigenvalue weighted by molar-refractivity contribution is -0.683. The first kappa shape index (κ1) is 16.0. The summed E-state index contributed by atoms with van der Waals surface area (Å²) in [6, 6.07) is 10.5. The zero-order valence-electron chi connectivity index (χ0n) is 10.5. The fourth-order valence-electron chi connectivity index (χ4n) is 1.71. The molecule has 2 rings (SSSR count). The van der Waals surface area contributed by atoms with Gasteiger partial charge in [0.1, 0.15) is 5.69 Å². The second kappa shape index (κ2) is 7.49. The molecule has 1 N–H and O–H groups in total. The highest BCUT2D eigenvalue weighted by Crippen LogP contribution is 2.10. The predicted molar refractivity (Wildman–Crippen MR) is 75.8 cm³/mol. The first-order chi connectivity index (χ1) is 9.20. The Balaban J connectivity index is 0.00000200. The molecule has 20 heavy (non-hydrogen) atoms. The minimum atomic E-state index is -1.03. The van der Waals surface area contributed by atoms with Crippen molar-refractivity contribution in [2.75, 3.05) is 0 Å². The number of rotatable bonds is 4. The fourth-order valence-corrected chi connectivity index (χ4v) is 1.71. The van der Waals surface area contributed by atoms with E-state index in [4.69, 9.17) is 0 Å². The summed E-state index contributed by atoms with van der Waals surface area (Å²) >= 11 is 0. The molecule has 1 heterocycles. The van der Waals surface area contributed by atoms with E-state index in [0.29, 0.717) is 0 Å². The second-order valence-electron chi connectivity index (χ2n) is 4.04. The molecule has 0 aliphatic rings. The van der Waals surface area contributed by atoms with Gasteiger partial charge in [-0.3, -0.25) is 14.8 Å². The third-order valence-electron chi connectivity index (χ3n) is 2.70. The Morgan fingerprint density at radius 3 is 2.20 bits per heavy atom. The molecule has 104 valence electrons. The summed E-state index contributed by atoms with van der Waals surface area (Å²) in [7, 11) is 0.